The Labute approximate surface area is 161 Å². The maximum atomic E-state index is 12.3. The molecule has 28 heavy (non-hydrogen) atoms. The minimum absolute atomic E-state index is 0.0760. The fourth-order valence-corrected chi connectivity index (χ4v) is 3.47. The molecule has 3 heterocycles. The van der Waals surface area contributed by atoms with Crippen LogP contribution in [0.1, 0.15) is 36.6 Å². The molecule has 12 heteroatoms. The van der Waals surface area contributed by atoms with Crippen molar-refractivity contribution in [3.63, 3.8) is 0 Å². The molecule has 0 unspecified atom stereocenters. The van der Waals surface area contributed by atoms with Crippen LogP contribution in [0.5, 0.6) is 0 Å². The van der Waals surface area contributed by atoms with Gasteiger partial charge in [0, 0.05) is 29.9 Å². The molecular weight excluding hydrogens is 401 g/mol. The molecule has 1 aliphatic rings. The van der Waals surface area contributed by atoms with E-state index in [0.717, 1.165) is 18.5 Å². The summed E-state index contributed by atoms with van der Waals surface area (Å²) in [5, 5.41) is 19.9. The number of aliphatic hydroxyl groups is 1. The topological polar surface area (TPSA) is 100 Å². The molecule has 0 saturated heterocycles. The number of fused-ring (bicyclic) bond motifs is 1. The Bertz CT molecular complexity index is 989. The van der Waals surface area contributed by atoms with Gasteiger partial charge in [-0.25, -0.2) is 9.97 Å². The Morgan fingerprint density at radius 3 is 2.86 bits per heavy atom. The molecule has 0 amide bonds. The molecule has 1 saturated carbocycles. The number of anilines is 2. The van der Waals surface area contributed by atoms with Crippen LogP contribution in [0.4, 0.5) is 24.9 Å². The summed E-state index contributed by atoms with van der Waals surface area (Å²) in [4.78, 5) is 8.23. The summed E-state index contributed by atoms with van der Waals surface area (Å²) in [5.41, 5.74) is 1.28. The summed E-state index contributed by atoms with van der Waals surface area (Å²) >= 11 is 6.00. The number of nitrogens with one attached hydrogen (secondary N) is 2. The zero-order chi connectivity index (χ0) is 19.9. The summed E-state index contributed by atoms with van der Waals surface area (Å²) in [6, 6.07) is 3.24. The minimum Gasteiger partial charge on any atom is -0.393 e. The molecule has 0 spiro atoms. The third-order valence-corrected chi connectivity index (χ3v) is 4.73. The van der Waals surface area contributed by atoms with E-state index in [0.29, 0.717) is 17.9 Å². The number of imidazole rings is 1. The molecule has 0 radical (unpaired) electrons. The van der Waals surface area contributed by atoms with Gasteiger partial charge in [0.1, 0.15) is 10.8 Å². The van der Waals surface area contributed by atoms with Crippen LogP contribution >= 0.6 is 11.6 Å². The van der Waals surface area contributed by atoms with Crippen molar-refractivity contribution < 1.29 is 23.0 Å². The molecule has 1 fully saturated rings. The number of aromatic amines is 1. The van der Waals surface area contributed by atoms with Crippen molar-refractivity contribution in [3.05, 3.63) is 34.9 Å². The lowest BCUT2D eigenvalue weighted by Crippen LogP contribution is -2.12. The Balaban J connectivity index is 1.56. The monoisotopic (exact) mass is 416 g/mol. The van der Waals surface area contributed by atoms with Crippen molar-refractivity contribution in [2.24, 2.45) is 0 Å². The summed E-state index contributed by atoms with van der Waals surface area (Å²) in [7, 11) is 0. The van der Waals surface area contributed by atoms with Crippen LogP contribution in [-0.2, 0) is 11.3 Å². The van der Waals surface area contributed by atoms with Crippen LogP contribution in [0.3, 0.4) is 0 Å². The smallest absolute Gasteiger partial charge is 0.393 e. The highest BCUT2D eigenvalue weighted by atomic mass is 35.5. The number of aliphatic hydroxyl groups excluding tert-OH is 1. The van der Waals surface area contributed by atoms with Gasteiger partial charge in [0.25, 0.3) is 0 Å². The zero-order valence-corrected chi connectivity index (χ0v) is 15.1. The van der Waals surface area contributed by atoms with Crippen molar-refractivity contribution >= 4 is 29.0 Å². The van der Waals surface area contributed by atoms with Crippen LogP contribution in [0, 0.1) is 0 Å². The van der Waals surface area contributed by atoms with Crippen molar-refractivity contribution in [1.29, 1.82) is 0 Å². The van der Waals surface area contributed by atoms with E-state index in [1.807, 2.05) is 6.07 Å². The van der Waals surface area contributed by atoms with E-state index < -0.39 is 13.0 Å². The molecule has 4 rings (SSSR count). The molecule has 2 atom stereocenters. The van der Waals surface area contributed by atoms with E-state index in [4.69, 9.17) is 11.6 Å². The largest absolute Gasteiger partial charge is 0.522 e. The second kappa shape index (κ2) is 7.22. The molecule has 150 valence electrons. The predicted molar refractivity (Wildman–Crippen MR) is 93.3 cm³/mol. The number of nitrogens with zero attached hydrogens (tertiary/aromatic N) is 4. The molecule has 8 nitrogen and oxygen atoms in total. The summed E-state index contributed by atoms with van der Waals surface area (Å²) in [5.74, 6) is 0.914. The average Bonchev–Trinajstić information content (AvgIpc) is 3.31. The van der Waals surface area contributed by atoms with E-state index in [9.17, 15) is 18.3 Å². The molecule has 3 aromatic heterocycles. The van der Waals surface area contributed by atoms with Gasteiger partial charge in [0.2, 0.25) is 5.95 Å². The number of halogens is 4. The van der Waals surface area contributed by atoms with E-state index in [1.165, 1.54) is 16.7 Å². The van der Waals surface area contributed by atoms with Gasteiger partial charge >= 0.3 is 6.36 Å². The Kier molecular flexibility index (Phi) is 4.89. The third kappa shape index (κ3) is 4.21. The quantitative estimate of drug-likeness (QED) is 0.550. The van der Waals surface area contributed by atoms with Gasteiger partial charge in [0.05, 0.1) is 18.4 Å². The second-order valence-electron chi connectivity index (χ2n) is 6.59. The molecule has 3 N–H and O–H groups in total. The maximum absolute atomic E-state index is 12.3. The van der Waals surface area contributed by atoms with Gasteiger partial charge in [-0.15, -0.1) is 13.2 Å². The fraction of sp³-hybridized carbons (Fsp3) is 0.438. The number of alkyl halides is 3. The van der Waals surface area contributed by atoms with Crippen molar-refractivity contribution in [2.75, 3.05) is 5.32 Å². The van der Waals surface area contributed by atoms with E-state index in [1.54, 1.807) is 0 Å². The molecule has 0 bridgehead atoms. The first-order valence-corrected chi connectivity index (χ1v) is 8.90. The van der Waals surface area contributed by atoms with Gasteiger partial charge in [-0.3, -0.25) is 14.2 Å². The predicted octanol–water partition coefficient (Wildman–Crippen LogP) is 3.51. The van der Waals surface area contributed by atoms with Crippen LogP contribution in [0.15, 0.2) is 18.3 Å². The summed E-state index contributed by atoms with van der Waals surface area (Å²) in [6.45, 7) is -0.723. The lowest BCUT2D eigenvalue weighted by Gasteiger charge is -2.06. The number of ether oxygens (including phenoxy) is 1. The van der Waals surface area contributed by atoms with E-state index in [2.05, 4.69) is 30.2 Å². The molecule has 3 aromatic rings. The van der Waals surface area contributed by atoms with Crippen LogP contribution in [-0.4, -0.2) is 42.1 Å². The summed E-state index contributed by atoms with van der Waals surface area (Å²) in [6.07, 6.45) is -1.37. The number of hydrogen-bond acceptors (Lipinski definition) is 6. The Hall–Kier alpha value is -2.37. The normalized spacial score (nSPS) is 20.2. The molecule has 0 aliphatic heterocycles. The first-order chi connectivity index (χ1) is 13.3. The van der Waals surface area contributed by atoms with Crippen molar-refractivity contribution in [2.45, 2.75) is 44.3 Å². The highest BCUT2D eigenvalue weighted by Crippen LogP contribution is 2.34. The van der Waals surface area contributed by atoms with Gasteiger partial charge in [-0.1, -0.05) is 11.6 Å². The SMILES string of the molecule is O[C@H]1CC[C@@H](c2cc(Nc3nc(Cl)cc4nc(COC(F)(F)F)cn34)n[nH]2)C1. The van der Waals surface area contributed by atoms with Gasteiger partial charge in [0.15, 0.2) is 5.82 Å². The van der Waals surface area contributed by atoms with Gasteiger partial charge in [-0.2, -0.15) is 5.10 Å². The number of rotatable bonds is 5. The highest BCUT2D eigenvalue weighted by Gasteiger charge is 2.29. The number of aromatic nitrogens is 5. The highest BCUT2D eigenvalue weighted by molar-refractivity contribution is 6.29. The lowest BCUT2D eigenvalue weighted by molar-refractivity contribution is -0.330. The van der Waals surface area contributed by atoms with E-state index in [-0.39, 0.29) is 28.8 Å². The van der Waals surface area contributed by atoms with E-state index >= 15 is 0 Å². The van der Waals surface area contributed by atoms with Crippen molar-refractivity contribution in [1.82, 2.24) is 24.6 Å². The third-order valence-electron chi connectivity index (χ3n) is 4.54. The first-order valence-electron chi connectivity index (χ1n) is 8.52. The first kappa shape index (κ1) is 19.0. The standard InChI is InChI=1S/C16H16ClF3N6O2/c17-12-5-14-21-9(7-28-16(18,19)20)6-26(14)15(22-12)23-13-4-11(24-25-13)8-1-2-10(27)3-8/h4-6,8,10,27H,1-3,7H2,(H2,22,23,24,25)/t8-,10+/m1/s1. The minimum atomic E-state index is -4.74. The average molecular weight is 417 g/mol. The van der Waals surface area contributed by atoms with Crippen LogP contribution < -0.4 is 5.32 Å². The summed E-state index contributed by atoms with van der Waals surface area (Å²) < 4.78 is 42.0. The maximum Gasteiger partial charge on any atom is 0.522 e. The molecule has 0 aromatic carbocycles. The van der Waals surface area contributed by atoms with Gasteiger partial charge in [-0.05, 0) is 19.3 Å². The van der Waals surface area contributed by atoms with Gasteiger partial charge < -0.3 is 10.4 Å². The molecule has 1 aliphatic carbocycles. The fourth-order valence-electron chi connectivity index (χ4n) is 3.29. The number of hydrogen-bond donors (Lipinski definition) is 3. The van der Waals surface area contributed by atoms with Crippen LogP contribution in [0.2, 0.25) is 5.15 Å². The van der Waals surface area contributed by atoms with Crippen LogP contribution in [0.25, 0.3) is 5.65 Å². The lowest BCUT2D eigenvalue weighted by atomic mass is 10.0. The Morgan fingerprint density at radius 2 is 2.14 bits per heavy atom. The second-order valence-corrected chi connectivity index (χ2v) is 6.98. The number of H-pyrrole nitrogens is 1. The van der Waals surface area contributed by atoms with Crippen molar-refractivity contribution in [3.8, 4) is 0 Å². The zero-order valence-electron chi connectivity index (χ0n) is 14.4. The Morgan fingerprint density at radius 1 is 1.32 bits per heavy atom. The molecular formula is C16H16ClF3N6O2.